The molecule has 6 nitrogen and oxygen atoms in total. The first kappa shape index (κ1) is 16.9. The van der Waals surface area contributed by atoms with Gasteiger partial charge in [0, 0.05) is 24.6 Å². The molecule has 2 atom stereocenters. The molecule has 1 amide bonds. The van der Waals surface area contributed by atoms with Crippen molar-refractivity contribution in [2.75, 3.05) is 0 Å². The molecule has 0 fully saturated rings. The van der Waals surface area contributed by atoms with Gasteiger partial charge in [-0.25, -0.2) is 9.67 Å². The van der Waals surface area contributed by atoms with E-state index in [2.05, 4.69) is 15.4 Å². The summed E-state index contributed by atoms with van der Waals surface area (Å²) >= 11 is 0. The first-order valence-corrected chi connectivity index (χ1v) is 8.14. The number of pyridine rings is 1. The van der Waals surface area contributed by atoms with Gasteiger partial charge in [-0.3, -0.25) is 4.79 Å². The number of carbonyl (C=O) groups is 1. The predicted molar refractivity (Wildman–Crippen MR) is 94.3 cm³/mol. The Morgan fingerprint density at radius 1 is 1.16 bits per heavy atom. The van der Waals surface area contributed by atoms with Gasteiger partial charge in [0.25, 0.3) is 5.91 Å². The van der Waals surface area contributed by atoms with Gasteiger partial charge in [0.05, 0.1) is 11.7 Å². The largest absolute Gasteiger partial charge is 0.388 e. The normalized spacial score (nSPS) is 13.2. The molecule has 6 heteroatoms. The summed E-state index contributed by atoms with van der Waals surface area (Å²) in [6.07, 6.45) is 4.79. The van der Waals surface area contributed by atoms with Crippen LogP contribution < -0.4 is 5.32 Å². The van der Waals surface area contributed by atoms with Gasteiger partial charge >= 0.3 is 0 Å². The maximum atomic E-state index is 12.6. The molecule has 0 aliphatic rings. The lowest BCUT2D eigenvalue weighted by Crippen LogP contribution is -2.34. The number of rotatable bonds is 6. The molecule has 0 saturated heterocycles. The molecule has 0 saturated carbocycles. The van der Waals surface area contributed by atoms with E-state index in [0.717, 1.165) is 5.56 Å². The van der Waals surface area contributed by atoms with Crippen LogP contribution in [0.3, 0.4) is 0 Å². The van der Waals surface area contributed by atoms with E-state index in [1.807, 2.05) is 37.3 Å². The van der Waals surface area contributed by atoms with Crippen molar-refractivity contribution in [1.29, 1.82) is 0 Å². The van der Waals surface area contributed by atoms with E-state index in [9.17, 15) is 9.90 Å². The Labute approximate surface area is 146 Å². The highest BCUT2D eigenvalue weighted by atomic mass is 16.3. The van der Waals surface area contributed by atoms with Gasteiger partial charge in [-0.15, -0.1) is 0 Å². The van der Waals surface area contributed by atoms with Crippen molar-refractivity contribution < 1.29 is 9.90 Å². The van der Waals surface area contributed by atoms with Gasteiger partial charge in [-0.2, -0.15) is 5.10 Å². The molecule has 2 aromatic heterocycles. The van der Waals surface area contributed by atoms with E-state index in [1.165, 1.54) is 0 Å². The number of nitrogens with one attached hydrogen (secondary N) is 1. The minimum absolute atomic E-state index is 0.201. The second kappa shape index (κ2) is 7.72. The minimum Gasteiger partial charge on any atom is -0.388 e. The van der Waals surface area contributed by atoms with Gasteiger partial charge in [-0.05, 0) is 37.1 Å². The molecule has 0 radical (unpaired) electrons. The maximum absolute atomic E-state index is 12.6. The molecule has 2 heterocycles. The molecule has 2 N–H and O–H groups in total. The summed E-state index contributed by atoms with van der Waals surface area (Å²) < 4.78 is 1.55. The zero-order chi connectivity index (χ0) is 17.6. The number of amides is 1. The predicted octanol–water partition coefficient (Wildman–Crippen LogP) is 2.51. The summed E-state index contributed by atoms with van der Waals surface area (Å²) in [7, 11) is 0. The maximum Gasteiger partial charge on any atom is 0.255 e. The third-order valence-electron chi connectivity index (χ3n) is 3.89. The zero-order valence-electron chi connectivity index (χ0n) is 13.9. The SMILES string of the molecule is CC(CC(O)c1ccccc1)NC(=O)c1cccnc1-n1cccn1. The van der Waals surface area contributed by atoms with Crippen LogP contribution in [0, 0.1) is 0 Å². The second-order valence-electron chi connectivity index (χ2n) is 5.86. The number of aliphatic hydroxyl groups excluding tert-OH is 1. The van der Waals surface area contributed by atoms with Crippen molar-refractivity contribution in [2.24, 2.45) is 0 Å². The highest BCUT2D eigenvalue weighted by Crippen LogP contribution is 2.18. The fourth-order valence-corrected chi connectivity index (χ4v) is 2.66. The van der Waals surface area contributed by atoms with Crippen LogP contribution in [0.1, 0.15) is 35.4 Å². The van der Waals surface area contributed by atoms with Crippen molar-refractivity contribution in [3.05, 3.63) is 78.2 Å². The number of hydrogen-bond acceptors (Lipinski definition) is 4. The minimum atomic E-state index is -0.629. The van der Waals surface area contributed by atoms with Gasteiger partial charge in [0.1, 0.15) is 0 Å². The number of aromatic nitrogens is 3. The molecule has 0 aliphatic carbocycles. The first-order valence-electron chi connectivity index (χ1n) is 8.14. The van der Waals surface area contributed by atoms with Crippen molar-refractivity contribution in [3.63, 3.8) is 0 Å². The lowest BCUT2D eigenvalue weighted by molar-refractivity contribution is 0.0916. The monoisotopic (exact) mass is 336 g/mol. The van der Waals surface area contributed by atoms with Crippen LogP contribution in [0.25, 0.3) is 5.82 Å². The van der Waals surface area contributed by atoms with Crippen LogP contribution in [-0.4, -0.2) is 31.8 Å². The Morgan fingerprint density at radius 3 is 2.68 bits per heavy atom. The average molecular weight is 336 g/mol. The summed E-state index contributed by atoms with van der Waals surface area (Å²) in [5.41, 5.74) is 1.27. The third-order valence-corrected chi connectivity index (χ3v) is 3.89. The summed E-state index contributed by atoms with van der Waals surface area (Å²) in [5, 5.41) is 17.4. The lowest BCUT2D eigenvalue weighted by Gasteiger charge is -2.19. The summed E-state index contributed by atoms with van der Waals surface area (Å²) in [6, 6.07) is 14.4. The van der Waals surface area contributed by atoms with Gasteiger partial charge in [0.15, 0.2) is 5.82 Å². The number of benzene rings is 1. The van der Waals surface area contributed by atoms with Crippen molar-refractivity contribution in [1.82, 2.24) is 20.1 Å². The Morgan fingerprint density at radius 2 is 1.96 bits per heavy atom. The van der Waals surface area contributed by atoms with E-state index in [1.54, 1.807) is 41.5 Å². The van der Waals surface area contributed by atoms with Gasteiger partial charge in [0.2, 0.25) is 0 Å². The number of nitrogens with zero attached hydrogens (tertiary/aromatic N) is 3. The van der Waals surface area contributed by atoms with Crippen LogP contribution in [0.4, 0.5) is 0 Å². The number of hydrogen-bond donors (Lipinski definition) is 2. The molecule has 25 heavy (non-hydrogen) atoms. The number of aliphatic hydroxyl groups is 1. The molecule has 0 spiro atoms. The van der Waals surface area contributed by atoms with Crippen molar-refractivity contribution in [3.8, 4) is 5.82 Å². The van der Waals surface area contributed by atoms with Gasteiger partial charge in [-0.1, -0.05) is 30.3 Å². The molecule has 0 aliphatic heterocycles. The molecule has 128 valence electrons. The van der Waals surface area contributed by atoms with Crippen LogP contribution in [0.15, 0.2) is 67.1 Å². The van der Waals surface area contributed by atoms with Crippen molar-refractivity contribution in [2.45, 2.75) is 25.5 Å². The zero-order valence-corrected chi connectivity index (χ0v) is 13.9. The summed E-state index contributed by atoms with van der Waals surface area (Å²) in [6.45, 7) is 1.87. The molecule has 3 aromatic rings. The van der Waals surface area contributed by atoms with Crippen LogP contribution in [0.5, 0.6) is 0 Å². The Bertz CT molecular complexity index is 818. The first-order chi connectivity index (χ1) is 12.1. The fourth-order valence-electron chi connectivity index (χ4n) is 2.66. The topological polar surface area (TPSA) is 80.0 Å². The van der Waals surface area contributed by atoms with E-state index >= 15 is 0 Å². The Kier molecular flexibility index (Phi) is 5.20. The molecule has 2 unspecified atom stereocenters. The summed E-state index contributed by atoms with van der Waals surface area (Å²) in [5.74, 6) is 0.229. The van der Waals surface area contributed by atoms with Crippen molar-refractivity contribution >= 4 is 5.91 Å². The van der Waals surface area contributed by atoms with Crippen LogP contribution >= 0.6 is 0 Å². The highest BCUT2D eigenvalue weighted by Gasteiger charge is 2.18. The van der Waals surface area contributed by atoms with Crippen LogP contribution in [-0.2, 0) is 0 Å². The summed E-state index contributed by atoms with van der Waals surface area (Å²) in [4.78, 5) is 16.9. The van der Waals surface area contributed by atoms with E-state index in [0.29, 0.717) is 17.8 Å². The standard InChI is InChI=1S/C19H20N4O2/c1-14(13-17(24)15-7-3-2-4-8-15)22-19(25)16-9-5-10-20-18(16)23-12-6-11-21-23/h2-12,14,17,24H,13H2,1H3,(H,22,25). The fraction of sp³-hybridized carbons (Fsp3) is 0.211. The molecule has 1 aromatic carbocycles. The smallest absolute Gasteiger partial charge is 0.255 e. The average Bonchev–Trinajstić information content (AvgIpc) is 3.17. The quantitative estimate of drug-likeness (QED) is 0.725. The second-order valence-corrected chi connectivity index (χ2v) is 5.86. The lowest BCUT2D eigenvalue weighted by atomic mass is 10.0. The van der Waals surface area contributed by atoms with E-state index in [4.69, 9.17) is 0 Å². The van der Waals surface area contributed by atoms with E-state index in [-0.39, 0.29) is 11.9 Å². The molecule has 3 rings (SSSR count). The van der Waals surface area contributed by atoms with Crippen LogP contribution in [0.2, 0.25) is 0 Å². The molecular formula is C19H20N4O2. The Balaban J connectivity index is 1.68. The molecule has 0 bridgehead atoms. The molecular weight excluding hydrogens is 316 g/mol. The van der Waals surface area contributed by atoms with Gasteiger partial charge < -0.3 is 10.4 Å². The van der Waals surface area contributed by atoms with E-state index < -0.39 is 6.10 Å². The number of carbonyl (C=O) groups excluding carboxylic acids is 1. The third kappa shape index (κ3) is 4.10. The Hall–Kier alpha value is -2.99. The highest BCUT2D eigenvalue weighted by molar-refractivity contribution is 5.97.